The minimum atomic E-state index is -1.02. The molecule has 1 aliphatic rings. The molecule has 10 heteroatoms. The molecule has 0 saturated heterocycles. The first kappa shape index (κ1) is 21.6. The summed E-state index contributed by atoms with van der Waals surface area (Å²) >= 11 is 0. The number of anilines is 1. The van der Waals surface area contributed by atoms with Crippen LogP contribution in [0.3, 0.4) is 0 Å². The molecule has 0 fully saturated rings. The third-order valence-corrected chi connectivity index (χ3v) is 4.18. The van der Waals surface area contributed by atoms with Crippen LogP contribution in [0, 0.1) is 0 Å². The van der Waals surface area contributed by atoms with Crippen LogP contribution < -0.4 is 14.8 Å². The molecule has 0 bridgehead atoms. The van der Waals surface area contributed by atoms with Crippen molar-refractivity contribution in [3.63, 3.8) is 0 Å². The predicted octanol–water partition coefficient (Wildman–Crippen LogP) is 1.58. The van der Waals surface area contributed by atoms with E-state index in [2.05, 4.69) is 14.8 Å². The molecule has 162 valence electrons. The fourth-order valence-electron chi connectivity index (χ4n) is 2.73. The largest absolute Gasteiger partial charge is 0.485 e. The summed E-state index contributed by atoms with van der Waals surface area (Å²) in [5.41, 5.74) is 0.184. The summed E-state index contributed by atoms with van der Waals surface area (Å²) in [7, 11) is 2.36. The first-order chi connectivity index (χ1) is 14.9. The number of hydrogen-bond donors (Lipinski definition) is 1. The van der Waals surface area contributed by atoms with Crippen LogP contribution in [0.2, 0.25) is 0 Å². The SMILES string of the molecule is COC(=O)c1cc(NC(=O)COC(=O)[C@H]2COc3ccccc3O2)cc(C(=O)OC)c1. The zero-order valence-electron chi connectivity index (χ0n) is 16.7. The van der Waals surface area contributed by atoms with E-state index in [0.29, 0.717) is 11.5 Å². The van der Waals surface area contributed by atoms with E-state index in [1.165, 1.54) is 32.4 Å². The molecule has 1 N–H and O–H groups in total. The summed E-state index contributed by atoms with van der Waals surface area (Å²) in [5, 5.41) is 2.45. The maximum Gasteiger partial charge on any atom is 0.351 e. The maximum absolute atomic E-state index is 12.2. The molecule has 2 aromatic carbocycles. The fourth-order valence-corrected chi connectivity index (χ4v) is 2.73. The molecule has 0 aliphatic carbocycles. The highest BCUT2D eigenvalue weighted by atomic mass is 16.6. The summed E-state index contributed by atoms with van der Waals surface area (Å²) in [6.07, 6.45) is -1.02. The van der Waals surface area contributed by atoms with E-state index < -0.39 is 36.5 Å². The van der Waals surface area contributed by atoms with Crippen LogP contribution in [-0.2, 0) is 23.8 Å². The van der Waals surface area contributed by atoms with Crippen molar-refractivity contribution in [2.24, 2.45) is 0 Å². The van der Waals surface area contributed by atoms with Crippen molar-refractivity contribution in [3.05, 3.63) is 53.6 Å². The summed E-state index contributed by atoms with van der Waals surface area (Å²) in [6.45, 7) is -0.669. The first-order valence-electron chi connectivity index (χ1n) is 9.08. The number of methoxy groups -OCH3 is 2. The lowest BCUT2D eigenvalue weighted by atomic mass is 10.1. The van der Waals surface area contributed by atoms with Gasteiger partial charge in [0.05, 0.1) is 25.3 Å². The summed E-state index contributed by atoms with van der Waals surface area (Å²) in [4.78, 5) is 48.0. The molecule has 31 heavy (non-hydrogen) atoms. The average molecular weight is 429 g/mol. The number of nitrogens with one attached hydrogen (secondary N) is 1. The highest BCUT2D eigenvalue weighted by molar-refractivity contribution is 6.00. The Morgan fingerprint density at radius 1 is 0.968 bits per heavy atom. The second-order valence-electron chi connectivity index (χ2n) is 6.30. The standard InChI is InChI=1S/C21H19NO9/c1-27-19(24)12-7-13(20(25)28-2)9-14(8-12)22-18(23)11-30-21(26)17-10-29-15-5-3-4-6-16(15)31-17/h3-9,17H,10-11H2,1-2H3,(H,22,23)/t17-/m1/s1. The van der Waals surface area contributed by atoms with Gasteiger partial charge in [-0.25, -0.2) is 14.4 Å². The van der Waals surface area contributed by atoms with E-state index in [1.54, 1.807) is 24.3 Å². The van der Waals surface area contributed by atoms with E-state index in [4.69, 9.17) is 14.2 Å². The third kappa shape index (κ3) is 5.30. The molecule has 0 radical (unpaired) electrons. The smallest absolute Gasteiger partial charge is 0.351 e. The first-order valence-corrected chi connectivity index (χ1v) is 9.08. The molecule has 1 atom stereocenters. The highest BCUT2D eigenvalue weighted by Gasteiger charge is 2.29. The van der Waals surface area contributed by atoms with Crippen LogP contribution in [0.25, 0.3) is 0 Å². The quantitative estimate of drug-likeness (QED) is 0.538. The van der Waals surface area contributed by atoms with Crippen LogP contribution in [-0.4, -0.2) is 57.4 Å². The van der Waals surface area contributed by atoms with E-state index in [9.17, 15) is 19.2 Å². The normalized spacial score (nSPS) is 14.2. The van der Waals surface area contributed by atoms with Gasteiger partial charge in [0.2, 0.25) is 6.10 Å². The van der Waals surface area contributed by atoms with Crippen molar-refractivity contribution in [2.75, 3.05) is 32.8 Å². The van der Waals surface area contributed by atoms with E-state index in [-0.39, 0.29) is 23.4 Å². The molecule has 1 heterocycles. The van der Waals surface area contributed by atoms with E-state index in [0.717, 1.165) is 0 Å². The van der Waals surface area contributed by atoms with Crippen molar-refractivity contribution in [1.29, 1.82) is 0 Å². The van der Waals surface area contributed by atoms with Gasteiger partial charge in [0.25, 0.3) is 5.91 Å². The van der Waals surface area contributed by atoms with Gasteiger partial charge in [-0.3, -0.25) is 4.79 Å². The summed E-state index contributed by atoms with van der Waals surface area (Å²) in [6, 6.07) is 10.7. The number of esters is 3. The Balaban J connectivity index is 1.61. The van der Waals surface area contributed by atoms with Crippen molar-refractivity contribution >= 4 is 29.5 Å². The molecule has 3 rings (SSSR count). The lowest BCUT2D eigenvalue weighted by molar-refractivity contribution is -0.156. The van der Waals surface area contributed by atoms with Gasteiger partial charge in [0.1, 0.15) is 6.61 Å². The van der Waals surface area contributed by atoms with Crippen LogP contribution >= 0.6 is 0 Å². The molecule has 0 spiro atoms. The zero-order valence-corrected chi connectivity index (χ0v) is 16.7. The average Bonchev–Trinajstić information content (AvgIpc) is 2.80. The van der Waals surface area contributed by atoms with Crippen LogP contribution in [0.15, 0.2) is 42.5 Å². The number of rotatable bonds is 6. The van der Waals surface area contributed by atoms with Gasteiger partial charge < -0.3 is 29.0 Å². The van der Waals surface area contributed by atoms with Gasteiger partial charge in [-0.1, -0.05) is 12.1 Å². The second-order valence-corrected chi connectivity index (χ2v) is 6.30. The van der Waals surface area contributed by atoms with E-state index in [1.807, 2.05) is 0 Å². The van der Waals surface area contributed by atoms with Gasteiger partial charge in [0, 0.05) is 5.69 Å². The molecular formula is C21H19NO9. The lowest BCUT2D eigenvalue weighted by Crippen LogP contribution is -2.39. The summed E-state index contributed by atoms with van der Waals surface area (Å²) in [5.74, 6) is -1.97. The number of para-hydroxylation sites is 2. The van der Waals surface area contributed by atoms with Crippen molar-refractivity contribution in [1.82, 2.24) is 0 Å². The van der Waals surface area contributed by atoms with Gasteiger partial charge in [-0.05, 0) is 30.3 Å². The maximum atomic E-state index is 12.2. The van der Waals surface area contributed by atoms with Gasteiger partial charge in [-0.15, -0.1) is 0 Å². The van der Waals surface area contributed by atoms with E-state index >= 15 is 0 Å². The van der Waals surface area contributed by atoms with Crippen LogP contribution in [0.4, 0.5) is 5.69 Å². The number of benzene rings is 2. The Hall–Kier alpha value is -4.08. The number of hydrogen-bond acceptors (Lipinski definition) is 9. The molecule has 0 unspecified atom stereocenters. The Morgan fingerprint density at radius 2 is 1.58 bits per heavy atom. The molecule has 1 aliphatic heterocycles. The summed E-state index contributed by atoms with van der Waals surface area (Å²) < 4.78 is 25.2. The lowest BCUT2D eigenvalue weighted by Gasteiger charge is -2.24. The number of carbonyl (C=O) groups excluding carboxylic acids is 4. The van der Waals surface area contributed by atoms with Crippen molar-refractivity contribution in [3.8, 4) is 11.5 Å². The Labute approximate surface area is 177 Å². The third-order valence-electron chi connectivity index (χ3n) is 4.18. The predicted molar refractivity (Wildman–Crippen MR) is 105 cm³/mol. The molecular weight excluding hydrogens is 410 g/mol. The Kier molecular flexibility index (Phi) is 6.71. The monoisotopic (exact) mass is 429 g/mol. The zero-order chi connectivity index (χ0) is 22.4. The molecule has 2 aromatic rings. The Morgan fingerprint density at radius 3 is 2.19 bits per heavy atom. The molecule has 0 aromatic heterocycles. The minimum absolute atomic E-state index is 0.0316. The topological polar surface area (TPSA) is 126 Å². The fraction of sp³-hybridized carbons (Fsp3) is 0.238. The van der Waals surface area contributed by atoms with Gasteiger partial charge in [0.15, 0.2) is 18.1 Å². The van der Waals surface area contributed by atoms with Gasteiger partial charge >= 0.3 is 17.9 Å². The highest BCUT2D eigenvalue weighted by Crippen LogP contribution is 2.31. The minimum Gasteiger partial charge on any atom is -0.485 e. The van der Waals surface area contributed by atoms with Crippen molar-refractivity contribution < 1.29 is 42.9 Å². The molecule has 10 nitrogen and oxygen atoms in total. The number of amides is 1. The number of carbonyl (C=O) groups is 4. The number of fused-ring (bicyclic) bond motifs is 1. The second kappa shape index (κ2) is 9.61. The number of ether oxygens (including phenoxy) is 5. The van der Waals surface area contributed by atoms with Crippen molar-refractivity contribution in [2.45, 2.75) is 6.10 Å². The molecule has 0 saturated carbocycles. The van der Waals surface area contributed by atoms with Crippen LogP contribution in [0.1, 0.15) is 20.7 Å². The van der Waals surface area contributed by atoms with Gasteiger partial charge in [-0.2, -0.15) is 0 Å². The molecule has 1 amide bonds. The van der Waals surface area contributed by atoms with Crippen LogP contribution in [0.5, 0.6) is 11.5 Å². The Bertz CT molecular complexity index is 983.